The lowest BCUT2D eigenvalue weighted by molar-refractivity contribution is -0.134. The van der Waals surface area contributed by atoms with Gasteiger partial charge < -0.3 is 15.4 Å². The topological polar surface area (TPSA) is 98.4 Å². The molecule has 0 bridgehead atoms. The van der Waals surface area contributed by atoms with E-state index in [-0.39, 0.29) is 29.1 Å². The molecule has 7 nitrogen and oxygen atoms in total. The molecule has 1 aromatic heterocycles. The Bertz CT molecular complexity index is 626. The average Bonchev–Trinajstić information content (AvgIpc) is 2.61. The minimum Gasteiger partial charge on any atom is -0.462 e. The van der Waals surface area contributed by atoms with Gasteiger partial charge in [0.15, 0.2) is 5.16 Å². The van der Waals surface area contributed by atoms with Crippen LogP contribution in [0.25, 0.3) is 0 Å². The van der Waals surface area contributed by atoms with Crippen LogP contribution in [0.2, 0.25) is 0 Å². The number of piperidine rings is 1. The van der Waals surface area contributed by atoms with E-state index >= 15 is 0 Å². The molecule has 0 aliphatic carbocycles. The summed E-state index contributed by atoms with van der Waals surface area (Å²) < 4.78 is 4.90. The Morgan fingerprint density at radius 2 is 2.20 bits per heavy atom. The zero-order valence-corrected chi connectivity index (χ0v) is 15.8. The van der Waals surface area contributed by atoms with Gasteiger partial charge in [0.1, 0.15) is 11.4 Å². The number of carbonyl (C=O) groups excluding carboxylic acids is 2. The van der Waals surface area contributed by atoms with Crippen molar-refractivity contribution in [3.63, 3.8) is 0 Å². The van der Waals surface area contributed by atoms with Crippen LogP contribution in [0.5, 0.6) is 0 Å². The number of hydrogen-bond donors (Lipinski definition) is 1. The van der Waals surface area contributed by atoms with Crippen molar-refractivity contribution in [3.05, 3.63) is 11.8 Å². The first-order chi connectivity index (χ1) is 12.0. The van der Waals surface area contributed by atoms with E-state index < -0.39 is 5.97 Å². The van der Waals surface area contributed by atoms with Crippen molar-refractivity contribution in [2.24, 2.45) is 0 Å². The van der Waals surface area contributed by atoms with Crippen molar-refractivity contribution in [2.75, 3.05) is 18.9 Å². The van der Waals surface area contributed by atoms with Crippen LogP contribution >= 0.6 is 11.8 Å². The molecule has 25 heavy (non-hydrogen) atoms. The second-order valence-corrected chi connectivity index (χ2v) is 7.33. The molecule has 1 aliphatic rings. The van der Waals surface area contributed by atoms with Gasteiger partial charge in [-0.1, -0.05) is 18.7 Å². The molecule has 2 atom stereocenters. The van der Waals surface area contributed by atoms with Crippen molar-refractivity contribution in [1.29, 1.82) is 0 Å². The first-order valence-electron chi connectivity index (χ1n) is 8.74. The highest BCUT2D eigenvalue weighted by molar-refractivity contribution is 8.00. The SMILES string of the molecule is CCOC(=O)c1cnc(S[C@@H](C)C(=O)N2CCCC[C@@H]2CC)nc1N. The third kappa shape index (κ3) is 4.84. The van der Waals surface area contributed by atoms with E-state index in [9.17, 15) is 9.59 Å². The van der Waals surface area contributed by atoms with Gasteiger partial charge in [-0.3, -0.25) is 4.79 Å². The third-order valence-electron chi connectivity index (χ3n) is 4.30. The maximum atomic E-state index is 12.8. The molecule has 2 heterocycles. The lowest BCUT2D eigenvalue weighted by atomic mass is 10.00. The average molecular weight is 366 g/mol. The summed E-state index contributed by atoms with van der Waals surface area (Å²) in [4.78, 5) is 34.8. The van der Waals surface area contributed by atoms with Crippen LogP contribution in [0, 0.1) is 0 Å². The summed E-state index contributed by atoms with van der Waals surface area (Å²) in [7, 11) is 0. The summed E-state index contributed by atoms with van der Waals surface area (Å²) in [6.07, 6.45) is 5.63. The number of nitrogens with two attached hydrogens (primary N) is 1. The fourth-order valence-electron chi connectivity index (χ4n) is 2.96. The summed E-state index contributed by atoms with van der Waals surface area (Å²) in [6, 6.07) is 0.321. The number of anilines is 1. The van der Waals surface area contributed by atoms with E-state index in [1.807, 2.05) is 11.8 Å². The van der Waals surface area contributed by atoms with Crippen LogP contribution in [0.3, 0.4) is 0 Å². The van der Waals surface area contributed by atoms with Crippen LogP contribution in [0.4, 0.5) is 5.82 Å². The van der Waals surface area contributed by atoms with Gasteiger partial charge in [-0.2, -0.15) is 0 Å². The summed E-state index contributed by atoms with van der Waals surface area (Å²) in [5.41, 5.74) is 5.98. The molecule has 1 amide bonds. The van der Waals surface area contributed by atoms with Crippen molar-refractivity contribution < 1.29 is 14.3 Å². The number of thioether (sulfide) groups is 1. The first kappa shape index (κ1) is 19.5. The molecular formula is C17H26N4O3S. The number of aromatic nitrogens is 2. The highest BCUT2D eigenvalue weighted by Gasteiger charge is 2.29. The number of esters is 1. The first-order valence-corrected chi connectivity index (χ1v) is 9.62. The summed E-state index contributed by atoms with van der Waals surface area (Å²) in [6.45, 7) is 6.76. The second kappa shape index (κ2) is 9.03. The number of nitrogens with zero attached hydrogens (tertiary/aromatic N) is 3. The van der Waals surface area contributed by atoms with Crippen molar-refractivity contribution >= 4 is 29.5 Å². The number of rotatable bonds is 6. The predicted molar refractivity (Wildman–Crippen MR) is 97.4 cm³/mol. The Morgan fingerprint density at radius 1 is 1.44 bits per heavy atom. The molecule has 0 saturated carbocycles. The number of carbonyl (C=O) groups is 2. The fraction of sp³-hybridized carbons (Fsp3) is 0.647. The van der Waals surface area contributed by atoms with Crippen LogP contribution in [0.15, 0.2) is 11.4 Å². The number of ether oxygens (including phenoxy) is 1. The molecule has 2 rings (SSSR count). The molecule has 1 aliphatic heterocycles. The van der Waals surface area contributed by atoms with Gasteiger partial charge in [0, 0.05) is 18.8 Å². The lowest BCUT2D eigenvalue weighted by Gasteiger charge is -2.36. The van der Waals surface area contributed by atoms with Crippen LogP contribution in [-0.4, -0.2) is 51.2 Å². The smallest absolute Gasteiger partial charge is 0.343 e. The summed E-state index contributed by atoms with van der Waals surface area (Å²) >= 11 is 1.26. The predicted octanol–water partition coefficient (Wildman–Crippen LogP) is 2.51. The van der Waals surface area contributed by atoms with Gasteiger partial charge in [0.2, 0.25) is 5.91 Å². The molecule has 2 N–H and O–H groups in total. The molecule has 0 radical (unpaired) electrons. The maximum absolute atomic E-state index is 12.8. The van der Waals surface area contributed by atoms with Crippen molar-refractivity contribution in [3.8, 4) is 0 Å². The van der Waals surface area contributed by atoms with Gasteiger partial charge in [-0.25, -0.2) is 14.8 Å². The Balaban J connectivity index is 2.04. The number of likely N-dealkylation sites (tertiary alicyclic amines) is 1. The van der Waals surface area contributed by atoms with Crippen LogP contribution in [-0.2, 0) is 9.53 Å². The fourth-order valence-corrected chi connectivity index (χ4v) is 3.78. The van der Waals surface area contributed by atoms with Gasteiger partial charge in [-0.05, 0) is 39.5 Å². The normalized spacial score (nSPS) is 18.7. The van der Waals surface area contributed by atoms with Crippen LogP contribution < -0.4 is 5.73 Å². The second-order valence-electron chi connectivity index (χ2n) is 6.02. The molecule has 0 spiro atoms. The van der Waals surface area contributed by atoms with Crippen molar-refractivity contribution in [2.45, 2.75) is 62.9 Å². The molecular weight excluding hydrogens is 340 g/mol. The summed E-state index contributed by atoms with van der Waals surface area (Å²) in [5, 5.41) is 0.0800. The molecule has 138 valence electrons. The Morgan fingerprint density at radius 3 is 2.84 bits per heavy atom. The Labute approximate surface area is 152 Å². The minimum absolute atomic E-state index is 0.0695. The Hall–Kier alpha value is -1.83. The van der Waals surface area contributed by atoms with Gasteiger partial charge in [-0.15, -0.1) is 0 Å². The molecule has 0 aromatic carbocycles. The minimum atomic E-state index is -0.542. The largest absolute Gasteiger partial charge is 0.462 e. The summed E-state index contributed by atoms with van der Waals surface area (Å²) in [5.74, 6) is -0.368. The van der Waals surface area contributed by atoms with E-state index in [0.717, 1.165) is 25.8 Å². The van der Waals surface area contributed by atoms with Gasteiger partial charge >= 0.3 is 5.97 Å². The maximum Gasteiger partial charge on any atom is 0.343 e. The van der Waals surface area contributed by atoms with Gasteiger partial charge in [0.05, 0.1) is 11.9 Å². The lowest BCUT2D eigenvalue weighted by Crippen LogP contribution is -2.46. The molecule has 1 saturated heterocycles. The highest BCUT2D eigenvalue weighted by atomic mass is 32.2. The number of nitrogen functional groups attached to an aromatic ring is 1. The Kier molecular flexibility index (Phi) is 7.04. The number of hydrogen-bond acceptors (Lipinski definition) is 7. The third-order valence-corrected chi connectivity index (χ3v) is 5.27. The van der Waals surface area contributed by atoms with E-state index in [1.165, 1.54) is 24.4 Å². The van der Waals surface area contributed by atoms with Gasteiger partial charge in [0.25, 0.3) is 0 Å². The zero-order chi connectivity index (χ0) is 18.4. The molecule has 0 unspecified atom stereocenters. The van der Waals surface area contributed by atoms with E-state index in [2.05, 4.69) is 16.9 Å². The number of amides is 1. The standard InChI is InChI=1S/C17H26N4O3S/c1-4-12-8-6-7-9-21(12)15(22)11(3)25-17-19-10-13(14(18)20-17)16(23)24-5-2/h10-12H,4-9H2,1-3H3,(H2,18,19,20)/t11-,12-/m0/s1. The van der Waals surface area contributed by atoms with Crippen molar-refractivity contribution in [1.82, 2.24) is 14.9 Å². The quantitative estimate of drug-likeness (QED) is 0.469. The molecule has 8 heteroatoms. The van der Waals surface area contributed by atoms with Crippen LogP contribution in [0.1, 0.15) is 56.8 Å². The molecule has 1 fully saturated rings. The zero-order valence-electron chi connectivity index (χ0n) is 15.0. The monoisotopic (exact) mass is 366 g/mol. The molecule has 1 aromatic rings. The highest BCUT2D eigenvalue weighted by Crippen LogP contribution is 2.26. The van der Waals surface area contributed by atoms with E-state index in [4.69, 9.17) is 10.5 Å². The van der Waals surface area contributed by atoms with E-state index in [0.29, 0.717) is 11.2 Å². The van der Waals surface area contributed by atoms with E-state index in [1.54, 1.807) is 6.92 Å².